The summed E-state index contributed by atoms with van der Waals surface area (Å²) >= 11 is 5.99. The third-order valence-corrected chi connectivity index (χ3v) is 3.75. The smallest absolute Gasteiger partial charge is 0.253 e. The van der Waals surface area contributed by atoms with Gasteiger partial charge in [-0.15, -0.1) is 12.4 Å². The number of nitrogens with two attached hydrogens (primary N) is 1. The van der Waals surface area contributed by atoms with Crippen LogP contribution in [0.3, 0.4) is 0 Å². The summed E-state index contributed by atoms with van der Waals surface area (Å²) in [7, 11) is 0. The molecule has 0 aliphatic heterocycles. The van der Waals surface area contributed by atoms with Gasteiger partial charge in [0.25, 0.3) is 5.91 Å². The van der Waals surface area contributed by atoms with E-state index in [1.165, 1.54) is 0 Å². The third-order valence-electron chi connectivity index (χ3n) is 3.42. The van der Waals surface area contributed by atoms with Crippen molar-refractivity contribution in [2.45, 2.75) is 25.3 Å². The summed E-state index contributed by atoms with van der Waals surface area (Å²) < 4.78 is 0. The zero-order valence-electron chi connectivity index (χ0n) is 10.3. The maximum atomic E-state index is 12.1. The van der Waals surface area contributed by atoms with Crippen molar-refractivity contribution in [3.63, 3.8) is 0 Å². The van der Waals surface area contributed by atoms with Crippen molar-refractivity contribution in [3.8, 4) is 0 Å². The summed E-state index contributed by atoms with van der Waals surface area (Å²) in [5.74, 6) is 0.356. The molecule has 1 atom stereocenters. The maximum absolute atomic E-state index is 12.1. The number of nitrogens with one attached hydrogen (secondary N) is 1. The van der Waals surface area contributed by atoms with Crippen LogP contribution in [0.25, 0.3) is 0 Å². The minimum atomic E-state index is -0.309. The molecule has 1 aromatic rings. The molecule has 0 radical (unpaired) electrons. The summed E-state index contributed by atoms with van der Waals surface area (Å²) in [6.45, 7) is 2.45. The van der Waals surface area contributed by atoms with Crippen molar-refractivity contribution in [3.05, 3.63) is 34.9 Å². The van der Waals surface area contributed by atoms with Crippen molar-refractivity contribution >= 4 is 29.9 Å². The summed E-state index contributed by atoms with van der Waals surface area (Å²) in [5, 5.41) is 3.49. The topological polar surface area (TPSA) is 55.1 Å². The number of rotatable bonds is 4. The Balaban J connectivity index is 0.00000162. The van der Waals surface area contributed by atoms with E-state index in [1.807, 2.05) is 13.0 Å². The molecule has 1 fully saturated rings. The molecule has 0 bridgehead atoms. The summed E-state index contributed by atoms with van der Waals surface area (Å²) in [5.41, 5.74) is 5.96. The lowest BCUT2D eigenvalue weighted by molar-refractivity contribution is 0.0898. The minimum absolute atomic E-state index is 0. The van der Waals surface area contributed by atoms with Crippen LogP contribution in [0.4, 0.5) is 0 Å². The molecule has 1 saturated carbocycles. The van der Waals surface area contributed by atoms with E-state index >= 15 is 0 Å². The molecule has 1 aromatic carbocycles. The van der Waals surface area contributed by atoms with E-state index in [0.717, 1.165) is 12.8 Å². The first-order valence-corrected chi connectivity index (χ1v) is 6.22. The van der Waals surface area contributed by atoms with Gasteiger partial charge in [-0.1, -0.05) is 23.7 Å². The zero-order chi connectivity index (χ0) is 12.5. The number of hydrogen-bond acceptors (Lipinski definition) is 2. The van der Waals surface area contributed by atoms with Crippen LogP contribution in [-0.4, -0.2) is 18.0 Å². The first-order chi connectivity index (χ1) is 8.07. The SMILES string of the molecule is CC(CN)(NC(=O)c1ccccc1Cl)C1CC1.Cl. The monoisotopic (exact) mass is 288 g/mol. The van der Waals surface area contributed by atoms with Gasteiger partial charge >= 0.3 is 0 Å². The molecule has 2 rings (SSSR count). The van der Waals surface area contributed by atoms with Crippen LogP contribution in [0, 0.1) is 5.92 Å². The maximum Gasteiger partial charge on any atom is 0.253 e. The van der Waals surface area contributed by atoms with E-state index in [9.17, 15) is 4.79 Å². The molecule has 1 aliphatic carbocycles. The largest absolute Gasteiger partial charge is 0.345 e. The first-order valence-electron chi connectivity index (χ1n) is 5.84. The Labute approximate surface area is 118 Å². The highest BCUT2D eigenvalue weighted by Crippen LogP contribution is 2.39. The second-order valence-corrected chi connectivity index (χ2v) is 5.24. The molecule has 0 saturated heterocycles. The predicted octanol–water partition coefficient (Wildman–Crippen LogP) is 2.62. The molecule has 3 nitrogen and oxygen atoms in total. The van der Waals surface area contributed by atoms with Gasteiger partial charge in [-0.25, -0.2) is 0 Å². The highest BCUT2D eigenvalue weighted by Gasteiger charge is 2.41. The molecule has 3 N–H and O–H groups in total. The Bertz CT molecular complexity index is 435. The molecule has 18 heavy (non-hydrogen) atoms. The van der Waals surface area contributed by atoms with Crippen LogP contribution < -0.4 is 11.1 Å². The van der Waals surface area contributed by atoms with E-state index in [0.29, 0.717) is 23.0 Å². The average molecular weight is 289 g/mol. The van der Waals surface area contributed by atoms with Crippen LogP contribution in [0.2, 0.25) is 5.02 Å². The third kappa shape index (κ3) is 3.16. The van der Waals surface area contributed by atoms with Crippen LogP contribution in [-0.2, 0) is 0 Å². The second kappa shape index (κ2) is 5.91. The molecule has 100 valence electrons. The number of carbonyl (C=O) groups is 1. The highest BCUT2D eigenvalue weighted by molar-refractivity contribution is 6.33. The first kappa shape index (κ1) is 15.3. The molecular formula is C13H18Cl2N2O. The van der Waals surface area contributed by atoms with Gasteiger partial charge in [-0.2, -0.15) is 0 Å². The summed E-state index contributed by atoms with van der Waals surface area (Å²) in [4.78, 5) is 12.1. The van der Waals surface area contributed by atoms with E-state index in [-0.39, 0.29) is 23.9 Å². The standard InChI is InChI=1S/C13H17ClN2O.ClH/c1-13(8-15,9-6-7-9)16-12(17)10-4-2-3-5-11(10)14;/h2-5,9H,6-8,15H2,1H3,(H,16,17);1H. The molecule has 0 spiro atoms. The minimum Gasteiger partial charge on any atom is -0.345 e. The van der Waals surface area contributed by atoms with Gasteiger partial charge in [0.15, 0.2) is 0 Å². The second-order valence-electron chi connectivity index (χ2n) is 4.83. The van der Waals surface area contributed by atoms with Gasteiger partial charge in [0.2, 0.25) is 0 Å². The Hall–Kier alpha value is -0.770. The summed E-state index contributed by atoms with van der Waals surface area (Å²) in [6, 6.07) is 7.05. The Morgan fingerprint density at radius 2 is 2.11 bits per heavy atom. The predicted molar refractivity (Wildman–Crippen MR) is 76.3 cm³/mol. The molecule has 5 heteroatoms. The average Bonchev–Trinajstić information content (AvgIpc) is 3.13. The van der Waals surface area contributed by atoms with E-state index < -0.39 is 0 Å². The molecule has 0 aromatic heterocycles. The lowest BCUT2D eigenvalue weighted by atomic mass is 9.95. The van der Waals surface area contributed by atoms with Crippen LogP contribution in [0.15, 0.2) is 24.3 Å². The quantitative estimate of drug-likeness (QED) is 0.895. The van der Waals surface area contributed by atoms with E-state index in [2.05, 4.69) is 5.32 Å². The molecule has 0 heterocycles. The van der Waals surface area contributed by atoms with Crippen molar-refractivity contribution in [1.29, 1.82) is 0 Å². The van der Waals surface area contributed by atoms with Gasteiger partial charge in [0, 0.05) is 6.54 Å². The van der Waals surface area contributed by atoms with Gasteiger partial charge in [0.05, 0.1) is 16.1 Å². The Morgan fingerprint density at radius 1 is 1.50 bits per heavy atom. The Kier molecular flexibility index (Phi) is 5.02. The number of halogens is 2. The van der Waals surface area contributed by atoms with E-state index in [4.69, 9.17) is 17.3 Å². The Morgan fingerprint density at radius 3 is 2.61 bits per heavy atom. The van der Waals surface area contributed by atoms with Gasteiger partial charge in [-0.3, -0.25) is 4.79 Å². The fourth-order valence-corrected chi connectivity index (χ4v) is 2.23. The molecule has 1 unspecified atom stereocenters. The normalized spacial score (nSPS) is 17.5. The van der Waals surface area contributed by atoms with E-state index in [1.54, 1.807) is 18.2 Å². The number of hydrogen-bond donors (Lipinski definition) is 2. The highest BCUT2D eigenvalue weighted by atomic mass is 35.5. The van der Waals surface area contributed by atoms with Crippen LogP contribution >= 0.6 is 24.0 Å². The van der Waals surface area contributed by atoms with Gasteiger partial charge in [0.1, 0.15) is 0 Å². The van der Waals surface area contributed by atoms with Gasteiger partial charge < -0.3 is 11.1 Å². The zero-order valence-corrected chi connectivity index (χ0v) is 11.9. The summed E-state index contributed by atoms with van der Waals surface area (Å²) in [6.07, 6.45) is 2.27. The number of benzene rings is 1. The fourth-order valence-electron chi connectivity index (χ4n) is 2.01. The molecular weight excluding hydrogens is 271 g/mol. The lowest BCUT2D eigenvalue weighted by Crippen LogP contribution is -2.53. The van der Waals surface area contributed by atoms with Crippen molar-refractivity contribution < 1.29 is 4.79 Å². The number of carbonyl (C=O) groups excluding carboxylic acids is 1. The molecule has 1 amide bonds. The van der Waals surface area contributed by atoms with Gasteiger partial charge in [-0.05, 0) is 37.8 Å². The molecule has 1 aliphatic rings. The van der Waals surface area contributed by atoms with Crippen LogP contribution in [0.1, 0.15) is 30.1 Å². The lowest BCUT2D eigenvalue weighted by Gasteiger charge is -2.29. The van der Waals surface area contributed by atoms with Crippen LogP contribution in [0.5, 0.6) is 0 Å². The van der Waals surface area contributed by atoms with Crippen molar-refractivity contribution in [2.75, 3.05) is 6.54 Å². The number of amides is 1. The van der Waals surface area contributed by atoms with Crippen molar-refractivity contribution in [2.24, 2.45) is 11.7 Å². The fraction of sp³-hybridized carbons (Fsp3) is 0.462. The van der Waals surface area contributed by atoms with Crippen molar-refractivity contribution in [1.82, 2.24) is 5.32 Å².